The molecule has 2 N–H and O–H groups in total. The van der Waals surface area contributed by atoms with Crippen LogP contribution >= 0.6 is 23.2 Å². The van der Waals surface area contributed by atoms with Crippen LogP contribution in [0.2, 0.25) is 10.0 Å². The minimum absolute atomic E-state index is 0.449. The van der Waals surface area contributed by atoms with Gasteiger partial charge in [-0.1, -0.05) is 23.2 Å². The Morgan fingerprint density at radius 1 is 1.42 bits per heavy atom. The van der Waals surface area contributed by atoms with E-state index >= 15 is 0 Å². The molecule has 0 aromatic heterocycles. The van der Waals surface area contributed by atoms with Gasteiger partial charge in [0, 0.05) is 10.0 Å². The predicted octanol–water partition coefficient (Wildman–Crippen LogP) is 2.96. The van der Waals surface area contributed by atoms with E-state index in [-0.39, 0.29) is 0 Å². The van der Waals surface area contributed by atoms with Crippen LogP contribution in [0, 0.1) is 0 Å². The molecule has 1 aromatic carbocycles. The van der Waals surface area contributed by atoms with Crippen molar-refractivity contribution in [3.05, 3.63) is 33.8 Å². The number of hydrogen-bond acceptors (Lipinski definition) is 1. The summed E-state index contributed by atoms with van der Waals surface area (Å²) in [7, 11) is 0. The third-order valence-corrected chi connectivity index (χ3v) is 2.10. The number of alkyl halides is 1. The quantitative estimate of drug-likeness (QED) is 0.794. The van der Waals surface area contributed by atoms with E-state index in [4.69, 9.17) is 28.9 Å². The first-order chi connectivity index (χ1) is 5.65. The van der Waals surface area contributed by atoms with Gasteiger partial charge in [-0.15, -0.1) is 0 Å². The monoisotopic (exact) mass is 207 g/mol. The minimum Gasteiger partial charge on any atom is -0.322 e. The van der Waals surface area contributed by atoms with Gasteiger partial charge in [-0.2, -0.15) is 0 Å². The molecule has 1 nitrogen and oxygen atoms in total. The summed E-state index contributed by atoms with van der Waals surface area (Å²) < 4.78 is 12.2. The van der Waals surface area contributed by atoms with Crippen LogP contribution in [0.1, 0.15) is 11.6 Å². The van der Waals surface area contributed by atoms with E-state index in [2.05, 4.69) is 0 Å². The van der Waals surface area contributed by atoms with E-state index < -0.39 is 12.7 Å². The molecule has 0 aliphatic rings. The van der Waals surface area contributed by atoms with Gasteiger partial charge in [0.15, 0.2) is 0 Å². The molecule has 0 fully saturated rings. The maximum absolute atomic E-state index is 12.2. The van der Waals surface area contributed by atoms with E-state index in [0.29, 0.717) is 15.6 Å². The summed E-state index contributed by atoms with van der Waals surface area (Å²) in [4.78, 5) is 0. The molecule has 1 rings (SSSR count). The number of rotatable bonds is 2. The molecule has 1 aromatic rings. The van der Waals surface area contributed by atoms with Crippen molar-refractivity contribution < 1.29 is 4.39 Å². The Hall–Kier alpha value is -0.310. The summed E-state index contributed by atoms with van der Waals surface area (Å²) in [6.07, 6.45) is 0. The fraction of sp³-hybridized carbons (Fsp3) is 0.250. The van der Waals surface area contributed by atoms with E-state index in [9.17, 15) is 4.39 Å². The first-order valence-corrected chi connectivity index (χ1v) is 4.17. The van der Waals surface area contributed by atoms with Crippen molar-refractivity contribution in [2.24, 2.45) is 5.73 Å². The van der Waals surface area contributed by atoms with Gasteiger partial charge in [0.05, 0.1) is 6.04 Å². The number of halogens is 3. The van der Waals surface area contributed by atoms with Gasteiger partial charge in [-0.25, -0.2) is 4.39 Å². The van der Waals surface area contributed by atoms with E-state index in [0.717, 1.165) is 0 Å². The highest BCUT2D eigenvalue weighted by atomic mass is 35.5. The molecule has 0 unspecified atom stereocenters. The number of benzene rings is 1. The lowest BCUT2D eigenvalue weighted by molar-refractivity contribution is 0.437. The van der Waals surface area contributed by atoms with Gasteiger partial charge < -0.3 is 5.73 Å². The van der Waals surface area contributed by atoms with Crippen LogP contribution < -0.4 is 5.73 Å². The van der Waals surface area contributed by atoms with Gasteiger partial charge in [-0.3, -0.25) is 0 Å². The van der Waals surface area contributed by atoms with E-state index in [1.165, 1.54) is 0 Å². The molecule has 12 heavy (non-hydrogen) atoms. The first-order valence-electron chi connectivity index (χ1n) is 3.41. The molecule has 0 heterocycles. The average Bonchev–Trinajstić information content (AvgIpc) is 2.08. The fourth-order valence-corrected chi connectivity index (χ4v) is 1.32. The third-order valence-electron chi connectivity index (χ3n) is 1.52. The standard InChI is InChI=1S/C8H8Cl2FN/c9-5-1-2-7(10)6(3-5)8(12)4-11/h1-3,8H,4,12H2/t8-/m0/s1. The molecule has 4 heteroatoms. The van der Waals surface area contributed by atoms with Crippen LogP contribution in [0.25, 0.3) is 0 Å². The fourth-order valence-electron chi connectivity index (χ4n) is 0.882. The molecule has 1 atom stereocenters. The highest BCUT2D eigenvalue weighted by molar-refractivity contribution is 6.33. The van der Waals surface area contributed by atoms with Crippen molar-refractivity contribution in [3.8, 4) is 0 Å². The van der Waals surface area contributed by atoms with Crippen molar-refractivity contribution in [1.29, 1.82) is 0 Å². The van der Waals surface area contributed by atoms with Crippen LogP contribution in [-0.2, 0) is 0 Å². The molecule has 0 radical (unpaired) electrons. The zero-order chi connectivity index (χ0) is 9.14. The molecule has 0 saturated heterocycles. The van der Waals surface area contributed by atoms with Crippen LogP contribution in [-0.4, -0.2) is 6.67 Å². The zero-order valence-corrected chi connectivity index (χ0v) is 7.74. The predicted molar refractivity (Wildman–Crippen MR) is 49.4 cm³/mol. The third kappa shape index (κ3) is 2.09. The van der Waals surface area contributed by atoms with Crippen LogP contribution in [0.15, 0.2) is 18.2 Å². The minimum atomic E-state index is -0.684. The lowest BCUT2D eigenvalue weighted by Gasteiger charge is -2.09. The maximum atomic E-state index is 12.2. The Balaban J connectivity index is 3.04. The van der Waals surface area contributed by atoms with Crippen LogP contribution in [0.5, 0.6) is 0 Å². The summed E-state index contributed by atoms with van der Waals surface area (Å²) in [5.74, 6) is 0. The van der Waals surface area contributed by atoms with Gasteiger partial charge in [0.1, 0.15) is 6.67 Å². The lowest BCUT2D eigenvalue weighted by atomic mass is 10.1. The van der Waals surface area contributed by atoms with Crippen molar-refractivity contribution in [1.82, 2.24) is 0 Å². The van der Waals surface area contributed by atoms with E-state index in [1.807, 2.05) is 0 Å². The molecule has 0 amide bonds. The normalized spacial score (nSPS) is 13.0. The molecular formula is C8H8Cl2FN. The SMILES string of the molecule is N[C@@H](CF)c1cc(Cl)ccc1Cl. The molecule has 0 bridgehead atoms. The van der Waals surface area contributed by atoms with Crippen molar-refractivity contribution in [3.63, 3.8) is 0 Å². The van der Waals surface area contributed by atoms with Gasteiger partial charge in [-0.05, 0) is 23.8 Å². The Bertz CT molecular complexity index is 278. The largest absolute Gasteiger partial charge is 0.322 e. The Kier molecular flexibility index (Phi) is 3.32. The van der Waals surface area contributed by atoms with Crippen molar-refractivity contribution in [2.75, 3.05) is 6.67 Å². The van der Waals surface area contributed by atoms with E-state index in [1.54, 1.807) is 18.2 Å². The molecule has 0 saturated carbocycles. The Labute approximate surface area is 80.3 Å². The molecule has 0 aliphatic heterocycles. The second kappa shape index (κ2) is 4.08. The summed E-state index contributed by atoms with van der Waals surface area (Å²) in [5.41, 5.74) is 5.99. The first kappa shape index (κ1) is 9.78. The maximum Gasteiger partial charge on any atom is 0.109 e. The average molecular weight is 208 g/mol. The summed E-state index contributed by atoms with van der Waals surface area (Å²) in [6, 6.07) is 4.14. The smallest absolute Gasteiger partial charge is 0.109 e. The summed E-state index contributed by atoms with van der Waals surface area (Å²) in [5, 5.41) is 0.961. The van der Waals surface area contributed by atoms with Crippen molar-refractivity contribution in [2.45, 2.75) is 6.04 Å². The topological polar surface area (TPSA) is 26.0 Å². The molecule has 0 spiro atoms. The highest BCUT2D eigenvalue weighted by Crippen LogP contribution is 2.25. The zero-order valence-electron chi connectivity index (χ0n) is 6.23. The van der Waals surface area contributed by atoms with Gasteiger partial charge >= 0.3 is 0 Å². The second-order valence-corrected chi connectivity index (χ2v) is 3.27. The van der Waals surface area contributed by atoms with Crippen molar-refractivity contribution >= 4 is 23.2 Å². The van der Waals surface area contributed by atoms with Crippen LogP contribution in [0.4, 0.5) is 4.39 Å². The lowest BCUT2D eigenvalue weighted by Crippen LogP contribution is -2.12. The highest BCUT2D eigenvalue weighted by Gasteiger charge is 2.09. The second-order valence-electron chi connectivity index (χ2n) is 2.43. The molecule has 66 valence electrons. The van der Waals surface area contributed by atoms with Crippen LogP contribution in [0.3, 0.4) is 0 Å². The number of nitrogens with two attached hydrogens (primary N) is 1. The van der Waals surface area contributed by atoms with Gasteiger partial charge in [0.25, 0.3) is 0 Å². The summed E-state index contributed by atoms with van der Waals surface area (Å²) in [6.45, 7) is -0.639. The Morgan fingerprint density at radius 3 is 2.67 bits per heavy atom. The summed E-state index contributed by atoms with van der Waals surface area (Å²) >= 11 is 11.4. The van der Waals surface area contributed by atoms with Gasteiger partial charge in [0.2, 0.25) is 0 Å². The Morgan fingerprint density at radius 2 is 2.08 bits per heavy atom. The molecular weight excluding hydrogens is 200 g/mol. The molecule has 0 aliphatic carbocycles. The number of hydrogen-bond donors (Lipinski definition) is 1.